The van der Waals surface area contributed by atoms with Crippen molar-refractivity contribution in [3.8, 4) is 0 Å². The highest BCUT2D eigenvalue weighted by molar-refractivity contribution is 7.89. The molecule has 0 saturated carbocycles. The zero-order valence-electron chi connectivity index (χ0n) is 15.5. The van der Waals surface area contributed by atoms with Gasteiger partial charge in [0.25, 0.3) is 5.91 Å². The molecular formula is C19H23N3O5S. The van der Waals surface area contributed by atoms with Gasteiger partial charge in [0.05, 0.1) is 23.8 Å². The average Bonchev–Trinajstić information content (AvgIpc) is 3.25. The zero-order valence-corrected chi connectivity index (χ0v) is 16.3. The van der Waals surface area contributed by atoms with E-state index in [-0.39, 0.29) is 17.6 Å². The number of benzene rings is 1. The summed E-state index contributed by atoms with van der Waals surface area (Å²) >= 11 is 0. The van der Waals surface area contributed by atoms with E-state index in [9.17, 15) is 13.2 Å². The third kappa shape index (κ3) is 3.82. The van der Waals surface area contributed by atoms with Gasteiger partial charge >= 0.3 is 0 Å². The fourth-order valence-electron chi connectivity index (χ4n) is 3.64. The van der Waals surface area contributed by atoms with Gasteiger partial charge < -0.3 is 14.2 Å². The molecule has 2 aliphatic heterocycles. The zero-order chi connectivity index (χ0) is 19.6. The van der Waals surface area contributed by atoms with Gasteiger partial charge in [0.15, 0.2) is 0 Å². The van der Waals surface area contributed by atoms with Gasteiger partial charge in [0.1, 0.15) is 0 Å². The van der Waals surface area contributed by atoms with Gasteiger partial charge in [0.2, 0.25) is 15.8 Å². The first-order valence-corrected chi connectivity index (χ1v) is 10.9. The van der Waals surface area contributed by atoms with Crippen LogP contribution in [0.4, 0.5) is 0 Å². The van der Waals surface area contributed by atoms with E-state index in [4.69, 9.17) is 9.26 Å². The summed E-state index contributed by atoms with van der Waals surface area (Å²) in [5, 5.41) is 4.08. The molecule has 2 aromatic rings. The summed E-state index contributed by atoms with van der Waals surface area (Å²) in [6.45, 7) is 2.99. The molecule has 2 fully saturated rings. The van der Waals surface area contributed by atoms with E-state index in [1.54, 1.807) is 41.3 Å². The van der Waals surface area contributed by atoms with E-state index in [0.717, 1.165) is 0 Å². The number of nitrogens with zero attached hydrogens (tertiary/aromatic N) is 3. The second kappa shape index (κ2) is 8.02. The second-order valence-electron chi connectivity index (χ2n) is 7.01. The molecule has 0 aliphatic carbocycles. The number of hydrogen-bond donors (Lipinski definition) is 0. The van der Waals surface area contributed by atoms with Crippen LogP contribution in [0.5, 0.6) is 0 Å². The monoisotopic (exact) mass is 405 g/mol. The molecule has 3 heterocycles. The SMILES string of the molecule is O=C(c1cc(C2CCN(S(=O)(=O)c3ccccc3)CC2)no1)N1CCOCC1. The van der Waals surface area contributed by atoms with Crippen LogP contribution in [-0.4, -0.2) is 68.1 Å². The van der Waals surface area contributed by atoms with E-state index in [1.165, 1.54) is 4.31 Å². The van der Waals surface area contributed by atoms with Crippen LogP contribution < -0.4 is 0 Å². The molecule has 150 valence electrons. The molecule has 0 radical (unpaired) electrons. The average molecular weight is 405 g/mol. The molecule has 0 bridgehead atoms. The van der Waals surface area contributed by atoms with Crippen LogP contribution in [0, 0.1) is 0 Å². The fourth-order valence-corrected chi connectivity index (χ4v) is 5.13. The predicted molar refractivity (Wildman–Crippen MR) is 100 cm³/mol. The van der Waals surface area contributed by atoms with Crippen molar-refractivity contribution in [2.45, 2.75) is 23.7 Å². The Kier molecular flexibility index (Phi) is 5.47. The smallest absolute Gasteiger partial charge is 0.292 e. The maximum absolute atomic E-state index is 12.7. The number of carbonyl (C=O) groups is 1. The molecule has 2 saturated heterocycles. The molecule has 2 aliphatic rings. The summed E-state index contributed by atoms with van der Waals surface area (Å²) < 4.78 is 37.5. The van der Waals surface area contributed by atoms with Crippen molar-refractivity contribution < 1.29 is 22.5 Å². The Balaban J connectivity index is 1.39. The number of ether oxygens (including phenoxy) is 1. The van der Waals surface area contributed by atoms with Gasteiger partial charge in [-0.2, -0.15) is 4.31 Å². The highest BCUT2D eigenvalue weighted by Crippen LogP contribution is 2.30. The first-order valence-electron chi connectivity index (χ1n) is 9.44. The van der Waals surface area contributed by atoms with E-state index in [1.807, 2.05) is 0 Å². The number of carbonyl (C=O) groups excluding carboxylic acids is 1. The summed E-state index contributed by atoms with van der Waals surface area (Å²) in [6.07, 6.45) is 1.29. The summed E-state index contributed by atoms with van der Waals surface area (Å²) in [7, 11) is -3.47. The predicted octanol–water partition coefficient (Wildman–Crippen LogP) is 1.72. The Morgan fingerprint density at radius 1 is 1.04 bits per heavy atom. The van der Waals surface area contributed by atoms with Gasteiger partial charge in [-0.3, -0.25) is 4.79 Å². The molecular weight excluding hydrogens is 382 g/mol. The van der Waals surface area contributed by atoms with Crippen LogP contribution in [0.25, 0.3) is 0 Å². The normalized spacial score (nSPS) is 19.6. The number of rotatable bonds is 4. The van der Waals surface area contributed by atoms with E-state index in [0.29, 0.717) is 62.8 Å². The van der Waals surface area contributed by atoms with Crippen molar-refractivity contribution in [1.29, 1.82) is 0 Å². The molecule has 0 unspecified atom stereocenters. The molecule has 9 heteroatoms. The third-order valence-electron chi connectivity index (χ3n) is 5.29. The Morgan fingerprint density at radius 3 is 2.39 bits per heavy atom. The number of hydrogen-bond acceptors (Lipinski definition) is 6. The van der Waals surface area contributed by atoms with Crippen LogP contribution in [-0.2, 0) is 14.8 Å². The molecule has 0 spiro atoms. The van der Waals surface area contributed by atoms with Crippen molar-refractivity contribution in [2.75, 3.05) is 39.4 Å². The molecule has 0 N–H and O–H groups in total. The largest absolute Gasteiger partial charge is 0.378 e. The van der Waals surface area contributed by atoms with E-state index >= 15 is 0 Å². The summed E-state index contributed by atoms with van der Waals surface area (Å²) in [4.78, 5) is 14.5. The van der Waals surface area contributed by atoms with Crippen LogP contribution in [0.1, 0.15) is 35.0 Å². The Bertz CT molecular complexity index is 914. The number of morpholine rings is 1. The van der Waals surface area contributed by atoms with Gasteiger partial charge in [-0.15, -0.1) is 0 Å². The quantitative estimate of drug-likeness (QED) is 0.769. The fraction of sp³-hybridized carbons (Fsp3) is 0.474. The van der Waals surface area contributed by atoms with Gasteiger partial charge in [-0.05, 0) is 25.0 Å². The molecule has 0 atom stereocenters. The first-order chi connectivity index (χ1) is 13.6. The van der Waals surface area contributed by atoms with Crippen LogP contribution in [0.3, 0.4) is 0 Å². The minimum Gasteiger partial charge on any atom is -0.378 e. The Labute approximate surface area is 164 Å². The summed E-state index contributed by atoms with van der Waals surface area (Å²) in [6, 6.07) is 10.2. The van der Waals surface area contributed by atoms with Crippen molar-refractivity contribution in [3.05, 3.63) is 47.9 Å². The van der Waals surface area contributed by atoms with Crippen LogP contribution >= 0.6 is 0 Å². The lowest BCUT2D eigenvalue weighted by Gasteiger charge is -2.30. The minimum atomic E-state index is -3.47. The number of piperidine rings is 1. The number of aromatic nitrogens is 1. The van der Waals surface area contributed by atoms with Crippen molar-refractivity contribution in [3.63, 3.8) is 0 Å². The van der Waals surface area contributed by atoms with E-state index in [2.05, 4.69) is 5.16 Å². The molecule has 1 amide bonds. The maximum atomic E-state index is 12.7. The van der Waals surface area contributed by atoms with Crippen molar-refractivity contribution >= 4 is 15.9 Å². The standard InChI is InChI=1S/C19H23N3O5S/c23-19(21-10-12-26-13-11-21)18-14-17(20-27-18)15-6-8-22(9-7-15)28(24,25)16-4-2-1-3-5-16/h1-5,14-15H,6-13H2. The van der Waals surface area contributed by atoms with Gasteiger partial charge in [-0.1, -0.05) is 23.4 Å². The second-order valence-corrected chi connectivity index (χ2v) is 8.95. The van der Waals surface area contributed by atoms with Crippen LogP contribution in [0.2, 0.25) is 0 Å². The summed E-state index contributed by atoms with van der Waals surface area (Å²) in [5.41, 5.74) is 0.716. The molecule has 1 aromatic carbocycles. The Morgan fingerprint density at radius 2 is 1.71 bits per heavy atom. The Hall–Kier alpha value is -2.23. The lowest BCUT2D eigenvalue weighted by Crippen LogP contribution is -2.40. The van der Waals surface area contributed by atoms with Crippen molar-refractivity contribution in [1.82, 2.24) is 14.4 Å². The lowest BCUT2D eigenvalue weighted by molar-refractivity contribution is 0.0277. The minimum absolute atomic E-state index is 0.0808. The van der Waals surface area contributed by atoms with Gasteiger partial charge in [0, 0.05) is 38.2 Å². The topological polar surface area (TPSA) is 93.0 Å². The van der Waals surface area contributed by atoms with Crippen molar-refractivity contribution in [2.24, 2.45) is 0 Å². The molecule has 8 nitrogen and oxygen atoms in total. The maximum Gasteiger partial charge on any atom is 0.292 e. The molecule has 1 aromatic heterocycles. The number of sulfonamides is 1. The third-order valence-corrected chi connectivity index (χ3v) is 7.20. The molecule has 4 rings (SSSR count). The highest BCUT2D eigenvalue weighted by atomic mass is 32.2. The lowest BCUT2D eigenvalue weighted by atomic mass is 9.94. The first kappa shape index (κ1) is 19.1. The highest BCUT2D eigenvalue weighted by Gasteiger charge is 2.32. The summed E-state index contributed by atoms with van der Waals surface area (Å²) in [5.74, 6) is 0.139. The number of amides is 1. The van der Waals surface area contributed by atoms with E-state index < -0.39 is 10.0 Å². The van der Waals surface area contributed by atoms with Crippen LogP contribution in [0.15, 0.2) is 45.8 Å². The molecule has 28 heavy (non-hydrogen) atoms. The van der Waals surface area contributed by atoms with Gasteiger partial charge in [-0.25, -0.2) is 8.42 Å².